The molecule has 0 amide bonds. The molecule has 0 aliphatic rings. The molecule has 0 bridgehead atoms. The van der Waals surface area contributed by atoms with Gasteiger partial charge in [0, 0.05) is 22.3 Å². The van der Waals surface area contributed by atoms with E-state index in [1.165, 1.54) is 0 Å². The van der Waals surface area contributed by atoms with E-state index >= 15 is 0 Å². The highest BCUT2D eigenvalue weighted by Crippen LogP contribution is 2.25. The van der Waals surface area contributed by atoms with Crippen LogP contribution < -0.4 is 0 Å². The van der Waals surface area contributed by atoms with Crippen molar-refractivity contribution in [1.29, 1.82) is 0 Å². The molecule has 7 nitrogen and oxygen atoms in total. The lowest BCUT2D eigenvalue weighted by molar-refractivity contribution is -0.392. The van der Waals surface area contributed by atoms with Crippen LogP contribution in [0.1, 0.15) is 5.56 Å². The molecular weight excluding hydrogens is 332 g/mol. The number of hydrogen-bond acceptors (Lipinski definition) is 5. The van der Waals surface area contributed by atoms with Crippen molar-refractivity contribution in [3.8, 4) is 0 Å². The minimum absolute atomic E-state index is 0.0210. The Morgan fingerprint density at radius 1 is 1.38 bits per heavy atom. The average molecular weight is 338 g/mol. The van der Waals surface area contributed by atoms with Crippen molar-refractivity contribution in [1.82, 2.24) is 9.78 Å². The highest BCUT2D eigenvalue weighted by Gasteiger charge is 2.30. The summed E-state index contributed by atoms with van der Waals surface area (Å²) < 4.78 is 49.5. The predicted octanol–water partition coefficient (Wildman–Crippen LogP) is 2.05. The summed E-state index contributed by atoms with van der Waals surface area (Å²) in [5.41, 5.74) is -0.0210. The van der Waals surface area contributed by atoms with Crippen LogP contribution in [0.5, 0.6) is 0 Å². The fourth-order valence-electron chi connectivity index (χ4n) is 1.60. The number of aromatic nitrogens is 2. The minimum Gasteiger partial charge on any atom is -0.358 e. The topological polar surface area (TPSA) is 95.1 Å². The van der Waals surface area contributed by atoms with Crippen molar-refractivity contribution in [2.45, 2.75) is 11.4 Å². The van der Waals surface area contributed by atoms with E-state index in [9.17, 15) is 27.3 Å². The first-order chi connectivity index (χ1) is 9.68. The van der Waals surface area contributed by atoms with Gasteiger partial charge in [0.15, 0.2) is 0 Å². The molecule has 21 heavy (non-hydrogen) atoms. The Morgan fingerprint density at radius 2 is 2.05 bits per heavy atom. The predicted molar refractivity (Wildman–Crippen MR) is 67.4 cm³/mol. The van der Waals surface area contributed by atoms with Gasteiger partial charge in [-0.3, -0.25) is 0 Å². The third kappa shape index (κ3) is 3.34. The Kier molecular flexibility index (Phi) is 3.92. The van der Waals surface area contributed by atoms with Crippen molar-refractivity contribution in [2.24, 2.45) is 0 Å². The number of benzene rings is 1. The smallest absolute Gasteiger partial charge is 0.358 e. The maximum atomic E-state index is 13.5. The molecule has 112 valence electrons. The van der Waals surface area contributed by atoms with Crippen LogP contribution in [0, 0.1) is 21.7 Å². The van der Waals surface area contributed by atoms with Crippen LogP contribution in [0.15, 0.2) is 29.3 Å². The second-order valence-corrected chi connectivity index (χ2v) is 6.48. The second kappa shape index (κ2) is 5.37. The van der Waals surface area contributed by atoms with E-state index in [0.29, 0.717) is 6.07 Å². The Labute approximate surface area is 121 Å². The molecule has 2 rings (SSSR count). The highest BCUT2D eigenvalue weighted by atomic mass is 35.7. The van der Waals surface area contributed by atoms with Gasteiger partial charge in [0.1, 0.15) is 11.6 Å². The van der Waals surface area contributed by atoms with Gasteiger partial charge in [0.2, 0.25) is 4.90 Å². The fourth-order valence-corrected chi connectivity index (χ4v) is 2.50. The van der Waals surface area contributed by atoms with Gasteiger partial charge in [-0.05, 0) is 11.0 Å². The quantitative estimate of drug-likeness (QED) is 0.483. The zero-order valence-corrected chi connectivity index (χ0v) is 11.6. The van der Waals surface area contributed by atoms with E-state index in [4.69, 9.17) is 10.7 Å². The lowest BCUT2D eigenvalue weighted by Gasteiger charge is -2.00. The minimum atomic E-state index is -4.37. The van der Waals surface area contributed by atoms with Crippen LogP contribution in [0.4, 0.5) is 14.6 Å². The summed E-state index contributed by atoms with van der Waals surface area (Å²) in [4.78, 5) is 8.91. The van der Waals surface area contributed by atoms with E-state index in [-0.39, 0.29) is 12.1 Å². The summed E-state index contributed by atoms with van der Waals surface area (Å²) in [7, 11) is 0.694. The standard InChI is InChI=1S/C10H6ClF2N3O4S/c11-21(19,20)9-5-15(14-10(9)16(17)18)4-6-1-2-7(12)3-8(6)13/h1-3,5H,4H2. The van der Waals surface area contributed by atoms with Crippen LogP contribution in [0.25, 0.3) is 0 Å². The molecule has 0 aliphatic carbocycles. The molecule has 0 atom stereocenters. The molecule has 0 saturated heterocycles. The average Bonchev–Trinajstić information content (AvgIpc) is 2.77. The van der Waals surface area contributed by atoms with Crippen LogP contribution >= 0.6 is 10.7 Å². The summed E-state index contributed by atoms with van der Waals surface area (Å²) in [5.74, 6) is -2.64. The maximum Gasteiger partial charge on any atom is 0.410 e. The van der Waals surface area contributed by atoms with Crippen LogP contribution in [0.3, 0.4) is 0 Å². The van der Waals surface area contributed by atoms with E-state index in [1.807, 2.05) is 0 Å². The molecule has 0 fully saturated rings. The van der Waals surface area contributed by atoms with E-state index in [0.717, 1.165) is 23.0 Å². The van der Waals surface area contributed by atoms with Gasteiger partial charge < -0.3 is 10.1 Å². The number of halogens is 3. The molecular formula is C10H6ClF2N3O4S. The summed E-state index contributed by atoms with van der Waals surface area (Å²) in [6, 6.07) is 2.75. The van der Waals surface area contributed by atoms with E-state index in [2.05, 4.69) is 5.10 Å². The SMILES string of the molecule is O=[N+]([O-])c1nn(Cc2ccc(F)cc2F)cc1S(=O)(=O)Cl. The summed E-state index contributed by atoms with van der Waals surface area (Å²) in [5, 5.41) is 14.2. The van der Waals surface area contributed by atoms with Crippen LogP contribution in [0.2, 0.25) is 0 Å². The first kappa shape index (κ1) is 15.3. The number of nitrogens with zero attached hydrogens (tertiary/aromatic N) is 3. The van der Waals surface area contributed by atoms with E-state index < -0.39 is 36.3 Å². The Balaban J connectivity index is 2.44. The Bertz CT molecular complexity index is 822. The molecule has 0 saturated carbocycles. The first-order valence-electron chi connectivity index (χ1n) is 5.29. The summed E-state index contributed by atoms with van der Waals surface area (Å²) in [6.07, 6.45) is 0.809. The summed E-state index contributed by atoms with van der Waals surface area (Å²) >= 11 is 0. The molecule has 1 heterocycles. The zero-order chi connectivity index (χ0) is 15.8. The first-order valence-corrected chi connectivity index (χ1v) is 7.60. The Hall–Kier alpha value is -2.07. The molecule has 0 spiro atoms. The largest absolute Gasteiger partial charge is 0.410 e. The van der Waals surface area contributed by atoms with Crippen molar-refractivity contribution in [2.75, 3.05) is 0 Å². The third-order valence-electron chi connectivity index (χ3n) is 2.49. The van der Waals surface area contributed by atoms with Crippen molar-refractivity contribution >= 4 is 25.6 Å². The second-order valence-electron chi connectivity index (χ2n) is 3.95. The highest BCUT2D eigenvalue weighted by molar-refractivity contribution is 8.13. The van der Waals surface area contributed by atoms with Gasteiger partial charge in [0.25, 0.3) is 9.05 Å². The monoisotopic (exact) mass is 337 g/mol. The van der Waals surface area contributed by atoms with Gasteiger partial charge in [-0.2, -0.15) is 4.68 Å². The molecule has 0 radical (unpaired) electrons. The van der Waals surface area contributed by atoms with Crippen LogP contribution in [-0.2, 0) is 15.6 Å². The number of rotatable bonds is 4. The van der Waals surface area contributed by atoms with Gasteiger partial charge in [-0.1, -0.05) is 6.07 Å². The number of nitro groups is 1. The van der Waals surface area contributed by atoms with Crippen LogP contribution in [-0.4, -0.2) is 23.1 Å². The van der Waals surface area contributed by atoms with E-state index in [1.54, 1.807) is 0 Å². The molecule has 11 heteroatoms. The Morgan fingerprint density at radius 3 is 2.52 bits per heavy atom. The number of hydrogen-bond donors (Lipinski definition) is 0. The zero-order valence-electron chi connectivity index (χ0n) is 10.0. The maximum absolute atomic E-state index is 13.5. The molecule has 0 N–H and O–H groups in total. The molecule has 2 aromatic rings. The third-order valence-corrected chi connectivity index (χ3v) is 3.80. The molecule has 1 aromatic heterocycles. The van der Waals surface area contributed by atoms with Crippen molar-refractivity contribution < 1.29 is 22.1 Å². The van der Waals surface area contributed by atoms with Gasteiger partial charge in [0.05, 0.1) is 17.8 Å². The van der Waals surface area contributed by atoms with Gasteiger partial charge in [-0.25, -0.2) is 17.2 Å². The molecule has 0 aliphatic heterocycles. The molecule has 1 aromatic carbocycles. The fraction of sp³-hybridized carbons (Fsp3) is 0.100. The normalized spacial score (nSPS) is 11.6. The molecule has 0 unspecified atom stereocenters. The van der Waals surface area contributed by atoms with Gasteiger partial charge >= 0.3 is 5.82 Å². The lowest BCUT2D eigenvalue weighted by atomic mass is 10.2. The van der Waals surface area contributed by atoms with Crippen molar-refractivity contribution in [3.05, 3.63) is 51.7 Å². The van der Waals surface area contributed by atoms with Gasteiger partial charge in [-0.15, -0.1) is 0 Å². The van der Waals surface area contributed by atoms with Crippen molar-refractivity contribution in [3.63, 3.8) is 0 Å². The summed E-state index contributed by atoms with van der Waals surface area (Å²) in [6.45, 7) is -0.320. The lowest BCUT2D eigenvalue weighted by Crippen LogP contribution is -2.03.